The number of benzene rings is 2. The summed E-state index contributed by atoms with van der Waals surface area (Å²) < 4.78 is 7.12. The van der Waals surface area contributed by atoms with E-state index in [0.717, 1.165) is 10.9 Å². The Balaban J connectivity index is 2.21. The van der Waals surface area contributed by atoms with Crippen LogP contribution >= 0.6 is 27.5 Å². The molecule has 0 saturated heterocycles. The van der Waals surface area contributed by atoms with Crippen LogP contribution in [0.3, 0.4) is 0 Å². The van der Waals surface area contributed by atoms with E-state index in [1.807, 2.05) is 13.0 Å². The Hall–Kier alpha value is -2.78. The quantitative estimate of drug-likeness (QED) is 0.293. The molecule has 0 spiro atoms. The maximum Gasteiger partial charge on any atom is 0.313 e. The zero-order valence-electron chi connectivity index (χ0n) is 15.6. The molecule has 0 N–H and O–H groups in total. The average Bonchev–Trinajstić information content (AvgIpc) is 2.68. The molecular weight excluding hydrogens is 464 g/mol. The van der Waals surface area contributed by atoms with Crippen molar-refractivity contribution in [1.82, 2.24) is 9.66 Å². The van der Waals surface area contributed by atoms with Crippen molar-refractivity contribution in [2.45, 2.75) is 19.8 Å². The summed E-state index contributed by atoms with van der Waals surface area (Å²) in [6.45, 7) is 1.97. The number of fused-ring (bicyclic) bond motifs is 1. The van der Waals surface area contributed by atoms with Gasteiger partial charge in [-0.3, -0.25) is 14.9 Å². The number of nitro groups is 1. The summed E-state index contributed by atoms with van der Waals surface area (Å²) in [7, 11) is 1.32. The molecule has 0 fully saturated rings. The summed E-state index contributed by atoms with van der Waals surface area (Å²) in [4.78, 5) is 28.3. The third-order valence-electron chi connectivity index (χ3n) is 4.12. The third-order valence-corrected chi connectivity index (χ3v) is 4.84. The highest BCUT2D eigenvalue weighted by molar-refractivity contribution is 9.10. The van der Waals surface area contributed by atoms with Crippen LogP contribution < -0.4 is 10.3 Å². The number of aromatic nitrogens is 2. The van der Waals surface area contributed by atoms with Crippen LogP contribution in [-0.4, -0.2) is 27.9 Å². The van der Waals surface area contributed by atoms with Gasteiger partial charge in [-0.1, -0.05) is 34.5 Å². The van der Waals surface area contributed by atoms with Gasteiger partial charge in [-0.05, 0) is 30.7 Å². The molecule has 0 atom stereocenters. The van der Waals surface area contributed by atoms with Crippen molar-refractivity contribution in [3.63, 3.8) is 0 Å². The summed E-state index contributed by atoms with van der Waals surface area (Å²) in [5, 5.41) is 16.1. The second-order valence-electron chi connectivity index (χ2n) is 6.11. The van der Waals surface area contributed by atoms with Crippen LogP contribution in [0.1, 0.15) is 24.7 Å². The molecule has 0 aliphatic heterocycles. The molecule has 8 nitrogen and oxygen atoms in total. The van der Waals surface area contributed by atoms with E-state index in [1.165, 1.54) is 30.1 Å². The van der Waals surface area contributed by atoms with Gasteiger partial charge in [0.05, 0.1) is 29.2 Å². The Bertz CT molecular complexity index is 1190. The lowest BCUT2D eigenvalue weighted by Crippen LogP contribution is -2.22. The fourth-order valence-electron chi connectivity index (χ4n) is 2.87. The van der Waals surface area contributed by atoms with Crippen molar-refractivity contribution in [2.75, 3.05) is 7.11 Å². The summed E-state index contributed by atoms with van der Waals surface area (Å²) in [5.74, 6) is 0.490. The first kappa shape index (κ1) is 20.9. The topological polar surface area (TPSA) is 99.6 Å². The first-order valence-corrected chi connectivity index (χ1v) is 9.80. The van der Waals surface area contributed by atoms with E-state index in [4.69, 9.17) is 16.3 Å². The molecule has 0 bridgehead atoms. The lowest BCUT2D eigenvalue weighted by Gasteiger charge is -2.09. The van der Waals surface area contributed by atoms with E-state index in [-0.39, 0.29) is 27.6 Å². The second-order valence-corrected chi connectivity index (χ2v) is 7.46. The molecular formula is C19H16BrClN4O4. The highest BCUT2D eigenvalue weighted by atomic mass is 79.9. The molecule has 0 aliphatic carbocycles. The van der Waals surface area contributed by atoms with E-state index in [1.54, 1.807) is 12.1 Å². The number of hydrogen-bond acceptors (Lipinski definition) is 6. The second kappa shape index (κ2) is 8.71. The normalized spacial score (nSPS) is 11.3. The van der Waals surface area contributed by atoms with Gasteiger partial charge in [-0.15, -0.1) is 0 Å². The molecule has 10 heteroatoms. The Morgan fingerprint density at radius 2 is 2.14 bits per heavy atom. The number of methoxy groups -OCH3 is 1. The predicted molar refractivity (Wildman–Crippen MR) is 115 cm³/mol. The third kappa shape index (κ3) is 4.30. The molecule has 3 rings (SSSR count). The SMILES string of the molecule is CCCc1nc2ccc(Br)cc2c(=O)n1N=Cc1cc(Cl)cc([N+](=O)[O-])c1OC. The summed E-state index contributed by atoms with van der Waals surface area (Å²) in [6.07, 6.45) is 2.60. The van der Waals surface area contributed by atoms with E-state index in [2.05, 4.69) is 26.0 Å². The van der Waals surface area contributed by atoms with Crippen LogP contribution in [0.2, 0.25) is 5.02 Å². The van der Waals surface area contributed by atoms with Crippen LogP contribution in [0.25, 0.3) is 10.9 Å². The lowest BCUT2D eigenvalue weighted by molar-refractivity contribution is -0.385. The van der Waals surface area contributed by atoms with Gasteiger partial charge in [0.1, 0.15) is 5.82 Å². The molecule has 1 aromatic heterocycles. The molecule has 1 heterocycles. The standard InChI is InChI=1S/C19H16BrClN4O4/c1-3-4-17-23-15-6-5-12(20)8-14(15)19(26)24(17)22-10-11-7-13(21)9-16(25(27)28)18(11)29-2/h5-10H,3-4H2,1-2H3. The van der Waals surface area contributed by atoms with Crippen LogP contribution in [0.4, 0.5) is 5.69 Å². The first-order chi connectivity index (χ1) is 13.8. The van der Waals surface area contributed by atoms with Crippen LogP contribution in [0.5, 0.6) is 5.75 Å². The molecule has 29 heavy (non-hydrogen) atoms. The van der Waals surface area contributed by atoms with E-state index in [0.29, 0.717) is 23.1 Å². The molecule has 0 amide bonds. The molecule has 0 radical (unpaired) electrons. The summed E-state index contributed by atoms with van der Waals surface area (Å²) in [6, 6.07) is 7.93. The van der Waals surface area contributed by atoms with Gasteiger partial charge < -0.3 is 4.74 Å². The zero-order valence-corrected chi connectivity index (χ0v) is 17.9. The minimum atomic E-state index is -0.591. The highest BCUT2D eigenvalue weighted by Crippen LogP contribution is 2.33. The Labute approximate surface area is 179 Å². The number of aryl methyl sites for hydroxylation is 1. The van der Waals surface area contributed by atoms with Crippen LogP contribution in [0.15, 0.2) is 44.7 Å². The minimum Gasteiger partial charge on any atom is -0.490 e. The molecule has 0 aliphatic rings. The minimum absolute atomic E-state index is 0.00438. The predicted octanol–water partition coefficient (Wildman–Crippen LogP) is 4.56. The van der Waals surface area contributed by atoms with E-state index >= 15 is 0 Å². The number of halogens is 2. The van der Waals surface area contributed by atoms with Crippen molar-refractivity contribution >= 4 is 50.3 Å². The monoisotopic (exact) mass is 478 g/mol. The number of nitrogens with zero attached hydrogens (tertiary/aromatic N) is 4. The molecule has 2 aromatic carbocycles. The maximum atomic E-state index is 13.0. The maximum absolute atomic E-state index is 13.0. The van der Waals surface area contributed by atoms with Gasteiger partial charge in [0.15, 0.2) is 0 Å². The van der Waals surface area contributed by atoms with Crippen molar-refractivity contribution in [1.29, 1.82) is 0 Å². The van der Waals surface area contributed by atoms with Gasteiger partial charge >= 0.3 is 5.69 Å². The fraction of sp³-hybridized carbons (Fsp3) is 0.211. The van der Waals surface area contributed by atoms with Gasteiger partial charge in [0, 0.05) is 27.5 Å². The Morgan fingerprint density at radius 1 is 1.38 bits per heavy atom. The smallest absolute Gasteiger partial charge is 0.313 e. The zero-order chi connectivity index (χ0) is 21.1. The van der Waals surface area contributed by atoms with E-state index < -0.39 is 4.92 Å². The lowest BCUT2D eigenvalue weighted by atomic mass is 10.2. The van der Waals surface area contributed by atoms with Gasteiger partial charge in [0.25, 0.3) is 5.56 Å². The van der Waals surface area contributed by atoms with Crippen molar-refractivity contribution in [2.24, 2.45) is 5.10 Å². The van der Waals surface area contributed by atoms with Gasteiger partial charge in [-0.2, -0.15) is 9.78 Å². The number of ether oxygens (including phenoxy) is 1. The Morgan fingerprint density at radius 3 is 2.79 bits per heavy atom. The van der Waals surface area contributed by atoms with Crippen molar-refractivity contribution in [3.05, 3.63) is 71.7 Å². The number of nitro benzene ring substituents is 1. The van der Waals surface area contributed by atoms with Crippen LogP contribution in [0, 0.1) is 10.1 Å². The molecule has 0 saturated carbocycles. The van der Waals surface area contributed by atoms with Gasteiger partial charge in [-0.25, -0.2) is 4.98 Å². The number of rotatable bonds is 6. The van der Waals surface area contributed by atoms with E-state index in [9.17, 15) is 14.9 Å². The first-order valence-electron chi connectivity index (χ1n) is 8.63. The highest BCUT2D eigenvalue weighted by Gasteiger charge is 2.20. The fourth-order valence-corrected chi connectivity index (χ4v) is 3.45. The molecule has 3 aromatic rings. The average molecular weight is 480 g/mol. The number of hydrogen-bond donors (Lipinski definition) is 0. The van der Waals surface area contributed by atoms with Crippen molar-refractivity contribution in [3.8, 4) is 5.75 Å². The molecule has 150 valence electrons. The Kier molecular flexibility index (Phi) is 6.29. The largest absolute Gasteiger partial charge is 0.490 e. The molecule has 0 unspecified atom stereocenters. The van der Waals surface area contributed by atoms with Crippen LogP contribution in [-0.2, 0) is 6.42 Å². The van der Waals surface area contributed by atoms with Gasteiger partial charge in [0.2, 0.25) is 5.75 Å². The summed E-state index contributed by atoms with van der Waals surface area (Å²) >= 11 is 9.36. The summed E-state index contributed by atoms with van der Waals surface area (Å²) in [5.41, 5.74) is 0.217. The van der Waals surface area contributed by atoms with Crippen molar-refractivity contribution < 1.29 is 9.66 Å².